The minimum absolute atomic E-state index is 0.102. The highest BCUT2D eigenvalue weighted by Crippen LogP contribution is 2.21. The van der Waals surface area contributed by atoms with E-state index in [-0.39, 0.29) is 37.3 Å². The molecule has 7 heteroatoms. The van der Waals surface area contributed by atoms with Gasteiger partial charge in [0.2, 0.25) is 11.8 Å². The Morgan fingerprint density at radius 2 is 1.56 bits per heavy atom. The first-order valence-electron chi connectivity index (χ1n) is 11.5. The summed E-state index contributed by atoms with van der Waals surface area (Å²) in [5, 5.41) is 6.99. The highest BCUT2D eigenvalue weighted by Gasteiger charge is 2.21. The minimum atomic E-state index is -0.481. The quantitative estimate of drug-likeness (QED) is 0.382. The van der Waals surface area contributed by atoms with Crippen molar-refractivity contribution < 1.29 is 18.8 Å². The normalized spacial score (nSPS) is 10.6. The summed E-state index contributed by atoms with van der Waals surface area (Å²) < 4.78 is 13.4. The van der Waals surface area contributed by atoms with E-state index in [9.17, 15) is 18.8 Å². The van der Waals surface area contributed by atoms with Gasteiger partial charge in [-0.05, 0) is 59.2 Å². The van der Waals surface area contributed by atoms with Gasteiger partial charge in [-0.15, -0.1) is 0 Å². The first-order valence-corrected chi connectivity index (χ1v) is 11.5. The molecule has 0 aliphatic carbocycles. The van der Waals surface area contributed by atoms with Crippen LogP contribution in [0.1, 0.15) is 21.5 Å². The molecule has 0 radical (unpaired) electrons. The van der Waals surface area contributed by atoms with Crippen LogP contribution in [-0.2, 0) is 16.1 Å². The summed E-state index contributed by atoms with van der Waals surface area (Å²) >= 11 is 0. The third-order valence-electron chi connectivity index (χ3n) is 5.68. The molecule has 6 nitrogen and oxygen atoms in total. The van der Waals surface area contributed by atoms with Crippen molar-refractivity contribution in [2.75, 3.05) is 18.4 Å². The summed E-state index contributed by atoms with van der Waals surface area (Å²) in [5.74, 6) is -1.58. The topological polar surface area (TPSA) is 78.5 Å². The van der Waals surface area contributed by atoms with Gasteiger partial charge < -0.3 is 15.5 Å². The number of amides is 3. The number of rotatable bonds is 8. The van der Waals surface area contributed by atoms with Gasteiger partial charge in [0, 0.05) is 17.8 Å². The molecule has 0 saturated heterocycles. The molecule has 36 heavy (non-hydrogen) atoms. The number of nitrogens with zero attached hydrogens (tertiary/aromatic N) is 1. The number of fused-ring (bicyclic) bond motifs is 1. The van der Waals surface area contributed by atoms with Crippen LogP contribution in [-0.4, -0.2) is 35.7 Å². The summed E-state index contributed by atoms with van der Waals surface area (Å²) in [7, 11) is 0. The van der Waals surface area contributed by atoms with Crippen molar-refractivity contribution in [3.05, 3.63) is 114 Å². The smallest absolute Gasteiger partial charge is 0.255 e. The van der Waals surface area contributed by atoms with Gasteiger partial charge >= 0.3 is 0 Å². The zero-order chi connectivity index (χ0) is 25.5. The molecule has 0 aromatic heterocycles. The number of carbonyl (C=O) groups is 3. The van der Waals surface area contributed by atoms with E-state index in [4.69, 9.17) is 0 Å². The molecule has 3 amide bonds. The number of aryl methyl sites for hydroxylation is 1. The number of benzene rings is 4. The second-order valence-corrected chi connectivity index (χ2v) is 8.51. The van der Waals surface area contributed by atoms with E-state index >= 15 is 0 Å². The van der Waals surface area contributed by atoms with Crippen molar-refractivity contribution >= 4 is 34.2 Å². The fourth-order valence-corrected chi connectivity index (χ4v) is 3.93. The van der Waals surface area contributed by atoms with E-state index in [0.29, 0.717) is 16.8 Å². The summed E-state index contributed by atoms with van der Waals surface area (Å²) in [6.45, 7) is 1.52. The summed E-state index contributed by atoms with van der Waals surface area (Å²) in [5.41, 5.74) is 2.77. The van der Waals surface area contributed by atoms with Crippen LogP contribution in [0.5, 0.6) is 0 Å². The van der Waals surface area contributed by atoms with Gasteiger partial charge in [-0.2, -0.15) is 0 Å². The Bertz CT molecular complexity index is 1400. The molecule has 2 N–H and O–H groups in total. The average Bonchev–Trinajstić information content (AvgIpc) is 2.87. The lowest BCUT2D eigenvalue weighted by Gasteiger charge is -2.23. The number of halogens is 1. The SMILES string of the molecule is Cc1cccc(NC(=O)CNC(=O)CN(Cc2ccc(F)cc2)C(=O)c2cccc3ccccc23)c1. The zero-order valence-electron chi connectivity index (χ0n) is 19.8. The van der Waals surface area contributed by atoms with Crippen molar-refractivity contribution in [1.29, 1.82) is 0 Å². The molecule has 4 rings (SSSR count). The molecule has 0 unspecified atom stereocenters. The molecule has 0 spiro atoms. The first kappa shape index (κ1) is 24.6. The van der Waals surface area contributed by atoms with Crippen LogP contribution in [0.2, 0.25) is 0 Å². The van der Waals surface area contributed by atoms with Crippen LogP contribution < -0.4 is 10.6 Å². The van der Waals surface area contributed by atoms with Crippen molar-refractivity contribution in [1.82, 2.24) is 10.2 Å². The Morgan fingerprint density at radius 1 is 0.833 bits per heavy atom. The number of carbonyl (C=O) groups excluding carboxylic acids is 3. The van der Waals surface area contributed by atoms with Crippen LogP contribution in [0.3, 0.4) is 0 Å². The Kier molecular flexibility index (Phi) is 7.70. The van der Waals surface area contributed by atoms with E-state index in [0.717, 1.165) is 16.3 Å². The van der Waals surface area contributed by atoms with Crippen molar-refractivity contribution in [3.63, 3.8) is 0 Å². The van der Waals surface area contributed by atoms with Crippen molar-refractivity contribution in [3.8, 4) is 0 Å². The predicted octanol–water partition coefficient (Wildman–Crippen LogP) is 4.68. The Balaban J connectivity index is 1.48. The maximum Gasteiger partial charge on any atom is 0.255 e. The molecule has 182 valence electrons. The van der Waals surface area contributed by atoms with Crippen LogP contribution in [0.4, 0.5) is 10.1 Å². The fourth-order valence-electron chi connectivity index (χ4n) is 3.93. The highest BCUT2D eigenvalue weighted by molar-refractivity contribution is 6.08. The maximum atomic E-state index is 13.6. The monoisotopic (exact) mass is 483 g/mol. The van der Waals surface area contributed by atoms with Gasteiger partial charge in [-0.25, -0.2) is 4.39 Å². The van der Waals surface area contributed by atoms with Gasteiger partial charge in [0.1, 0.15) is 12.4 Å². The van der Waals surface area contributed by atoms with E-state index in [1.165, 1.54) is 17.0 Å². The van der Waals surface area contributed by atoms with Gasteiger partial charge in [0.25, 0.3) is 5.91 Å². The van der Waals surface area contributed by atoms with Crippen molar-refractivity contribution in [2.45, 2.75) is 13.5 Å². The Hall–Kier alpha value is -4.52. The second-order valence-electron chi connectivity index (χ2n) is 8.51. The van der Waals surface area contributed by atoms with Crippen LogP contribution >= 0.6 is 0 Å². The molecule has 0 atom stereocenters. The zero-order valence-corrected chi connectivity index (χ0v) is 19.8. The van der Waals surface area contributed by atoms with E-state index < -0.39 is 5.91 Å². The molecule has 0 aliphatic rings. The fraction of sp³-hybridized carbons (Fsp3) is 0.138. The van der Waals surface area contributed by atoms with Gasteiger partial charge in [0.05, 0.1) is 6.54 Å². The van der Waals surface area contributed by atoms with Crippen molar-refractivity contribution in [2.24, 2.45) is 0 Å². The Morgan fingerprint density at radius 3 is 2.33 bits per heavy atom. The molecule has 4 aromatic rings. The number of nitrogens with one attached hydrogen (secondary N) is 2. The first-order chi connectivity index (χ1) is 17.4. The standard InChI is InChI=1S/C29H26FN3O3/c1-20-6-4-9-24(16-20)32-27(34)17-31-28(35)19-33(18-21-12-14-23(30)15-13-21)29(36)26-11-5-8-22-7-2-3-10-25(22)26/h2-16H,17-19H2,1H3,(H,31,35)(H,32,34). The lowest BCUT2D eigenvalue weighted by molar-refractivity contribution is -0.124. The highest BCUT2D eigenvalue weighted by atomic mass is 19.1. The third kappa shape index (κ3) is 6.33. The lowest BCUT2D eigenvalue weighted by Crippen LogP contribution is -2.42. The van der Waals surface area contributed by atoms with Crippen LogP contribution in [0, 0.1) is 12.7 Å². The summed E-state index contributed by atoms with van der Waals surface area (Å²) in [4.78, 5) is 40.0. The lowest BCUT2D eigenvalue weighted by atomic mass is 10.0. The summed E-state index contributed by atoms with van der Waals surface area (Å²) in [6.07, 6.45) is 0. The molecular weight excluding hydrogens is 457 g/mol. The van der Waals surface area contributed by atoms with Gasteiger partial charge in [-0.1, -0.05) is 60.7 Å². The van der Waals surface area contributed by atoms with Gasteiger partial charge in [-0.3, -0.25) is 14.4 Å². The molecule has 0 bridgehead atoms. The van der Waals surface area contributed by atoms with Gasteiger partial charge in [0.15, 0.2) is 0 Å². The Labute approximate surface area is 208 Å². The number of hydrogen-bond acceptors (Lipinski definition) is 3. The molecule has 0 saturated carbocycles. The molecule has 0 fully saturated rings. The van der Waals surface area contributed by atoms with E-state index in [1.54, 1.807) is 30.3 Å². The van der Waals surface area contributed by atoms with E-state index in [1.807, 2.05) is 55.5 Å². The molecular formula is C29H26FN3O3. The number of hydrogen-bond donors (Lipinski definition) is 2. The molecule has 0 heterocycles. The maximum absolute atomic E-state index is 13.6. The summed E-state index contributed by atoms with van der Waals surface area (Å²) in [6, 6.07) is 26.0. The minimum Gasteiger partial charge on any atom is -0.345 e. The molecule has 0 aliphatic heterocycles. The molecule has 4 aromatic carbocycles. The number of anilines is 1. The third-order valence-corrected chi connectivity index (χ3v) is 5.68. The van der Waals surface area contributed by atoms with E-state index in [2.05, 4.69) is 10.6 Å². The largest absolute Gasteiger partial charge is 0.345 e. The second kappa shape index (κ2) is 11.3. The predicted molar refractivity (Wildman–Crippen MR) is 138 cm³/mol. The average molecular weight is 484 g/mol. The van der Waals surface area contributed by atoms with Crippen LogP contribution in [0.25, 0.3) is 10.8 Å². The van der Waals surface area contributed by atoms with Crippen LogP contribution in [0.15, 0.2) is 91.0 Å².